The van der Waals surface area contributed by atoms with Gasteiger partial charge in [0.05, 0.1) is 52.8 Å². The van der Waals surface area contributed by atoms with Crippen LogP contribution < -0.4 is 10.6 Å². The summed E-state index contributed by atoms with van der Waals surface area (Å²) < 4.78 is 8.49. The van der Waals surface area contributed by atoms with E-state index in [1.165, 1.54) is 5.56 Å². The lowest BCUT2D eigenvalue weighted by Crippen LogP contribution is -2.59. The number of nitrogens with two attached hydrogens (primary N) is 1. The van der Waals surface area contributed by atoms with E-state index >= 15 is 0 Å². The Bertz CT molecular complexity index is 1440. The van der Waals surface area contributed by atoms with Crippen molar-refractivity contribution in [1.82, 2.24) is 34.4 Å². The summed E-state index contributed by atoms with van der Waals surface area (Å²) in [6.45, 7) is 6.77. The Hall–Kier alpha value is -4.16. The molecule has 1 aromatic carbocycles. The molecule has 4 aromatic rings. The Morgan fingerprint density at radius 1 is 1.08 bits per heavy atom. The van der Waals surface area contributed by atoms with Gasteiger partial charge in [-0.15, -0.1) is 0 Å². The largest absolute Gasteiger partial charge is 0.378 e. The number of carbonyl (C=O) groups excluding carboxylic acids is 1. The first-order valence-electron chi connectivity index (χ1n) is 13.3. The van der Waals surface area contributed by atoms with E-state index in [9.17, 15) is 4.79 Å². The first kappa shape index (κ1) is 25.1. The molecular formula is C27H33N10O2+. The normalized spacial score (nSPS) is 21.8. The Morgan fingerprint density at radius 3 is 2.59 bits per heavy atom. The molecule has 0 bridgehead atoms. The number of fused-ring (bicyclic) bond motifs is 1. The summed E-state index contributed by atoms with van der Waals surface area (Å²) in [4.78, 5) is 38.8. The van der Waals surface area contributed by atoms with Crippen LogP contribution in [0.4, 0.5) is 11.9 Å². The molecule has 2 N–H and O–H groups in total. The van der Waals surface area contributed by atoms with Gasteiger partial charge in [0.25, 0.3) is 0 Å². The molecule has 2 fully saturated rings. The molecule has 39 heavy (non-hydrogen) atoms. The molecule has 2 aliphatic heterocycles. The second kappa shape index (κ2) is 10.5. The number of aromatic nitrogens is 6. The van der Waals surface area contributed by atoms with Crippen LogP contribution in [-0.4, -0.2) is 105 Å². The van der Waals surface area contributed by atoms with Crippen LogP contribution in [0.2, 0.25) is 0 Å². The molecule has 2 unspecified atom stereocenters. The standard InChI is InChI=1S/C27H33N10O2/c1-37(12-8-36(19-38)22(17-37)20-5-3-2-4-6-20)11-7-35-18-31-24-23(21-15-29-26(28)30-16-21)32-27(33-25(24)35)34-9-13-39-14-10-34/h2-6,15-16,18-19,22H,7-14,17H2,1H3,(H2,28,29,30)/q+1. The van der Waals surface area contributed by atoms with Crippen LogP contribution in [0.3, 0.4) is 0 Å². The van der Waals surface area contributed by atoms with Gasteiger partial charge in [-0.2, -0.15) is 4.98 Å². The van der Waals surface area contributed by atoms with E-state index in [1.807, 2.05) is 29.4 Å². The number of ether oxygens (including phenoxy) is 1. The van der Waals surface area contributed by atoms with Crippen molar-refractivity contribution in [3.8, 4) is 11.3 Å². The van der Waals surface area contributed by atoms with Gasteiger partial charge in [0.1, 0.15) is 23.8 Å². The third-order valence-corrected chi connectivity index (χ3v) is 7.80. The molecule has 12 nitrogen and oxygen atoms in total. The van der Waals surface area contributed by atoms with Crippen LogP contribution in [0, 0.1) is 0 Å². The maximum Gasteiger partial charge on any atom is 0.228 e. The Balaban J connectivity index is 1.30. The van der Waals surface area contributed by atoms with Gasteiger partial charge in [-0.1, -0.05) is 30.3 Å². The Morgan fingerprint density at radius 2 is 1.85 bits per heavy atom. The van der Waals surface area contributed by atoms with Crippen LogP contribution in [0.1, 0.15) is 11.6 Å². The highest BCUT2D eigenvalue weighted by molar-refractivity contribution is 5.88. The third-order valence-electron chi connectivity index (χ3n) is 7.80. The van der Waals surface area contributed by atoms with Gasteiger partial charge in [0, 0.05) is 31.0 Å². The topological polar surface area (TPSA) is 128 Å². The maximum atomic E-state index is 11.8. The predicted molar refractivity (Wildman–Crippen MR) is 147 cm³/mol. The van der Waals surface area contributed by atoms with E-state index in [2.05, 4.69) is 38.6 Å². The van der Waals surface area contributed by atoms with Crippen molar-refractivity contribution in [3.63, 3.8) is 0 Å². The number of likely N-dealkylation sites (N-methyl/N-ethyl adjacent to an activating group) is 1. The van der Waals surface area contributed by atoms with Crippen molar-refractivity contribution in [2.75, 3.05) is 70.2 Å². The van der Waals surface area contributed by atoms with Crippen molar-refractivity contribution in [2.24, 2.45) is 0 Å². The zero-order chi connectivity index (χ0) is 26.8. The van der Waals surface area contributed by atoms with Crippen molar-refractivity contribution in [1.29, 1.82) is 0 Å². The minimum absolute atomic E-state index is 0.0503. The van der Waals surface area contributed by atoms with Crippen molar-refractivity contribution in [3.05, 3.63) is 54.6 Å². The number of imidazole rings is 1. The van der Waals surface area contributed by atoms with Crippen LogP contribution >= 0.6 is 0 Å². The summed E-state index contributed by atoms with van der Waals surface area (Å²) in [5, 5.41) is 0. The molecule has 1 amide bonds. The molecular weight excluding hydrogens is 496 g/mol. The molecule has 5 heterocycles. The van der Waals surface area contributed by atoms with Crippen LogP contribution in [0.5, 0.6) is 0 Å². The van der Waals surface area contributed by atoms with Gasteiger partial charge >= 0.3 is 0 Å². The fourth-order valence-corrected chi connectivity index (χ4v) is 5.44. The lowest BCUT2D eigenvalue weighted by atomic mass is 10.0. The molecule has 6 rings (SSSR count). The number of hydrogen-bond acceptors (Lipinski definition) is 9. The predicted octanol–water partition coefficient (Wildman–Crippen LogP) is 1.36. The summed E-state index contributed by atoms with van der Waals surface area (Å²) in [5.41, 5.74) is 9.81. The van der Waals surface area contributed by atoms with E-state index in [0.717, 1.165) is 67.9 Å². The molecule has 0 spiro atoms. The Labute approximate surface area is 226 Å². The highest BCUT2D eigenvalue weighted by Crippen LogP contribution is 2.29. The number of nitrogens with zero attached hydrogens (tertiary/aromatic N) is 9. The van der Waals surface area contributed by atoms with Gasteiger partial charge < -0.3 is 29.3 Å². The second-order valence-electron chi connectivity index (χ2n) is 10.4. The number of rotatable bonds is 7. The average molecular weight is 530 g/mol. The lowest BCUT2D eigenvalue weighted by Gasteiger charge is -2.45. The summed E-state index contributed by atoms with van der Waals surface area (Å²) in [7, 11) is 2.27. The fraction of sp³-hybridized carbons (Fsp3) is 0.407. The van der Waals surface area contributed by atoms with E-state index in [-0.39, 0.29) is 12.0 Å². The van der Waals surface area contributed by atoms with Gasteiger partial charge in [-0.05, 0) is 5.56 Å². The highest BCUT2D eigenvalue weighted by atomic mass is 16.5. The fourth-order valence-electron chi connectivity index (χ4n) is 5.44. The number of amides is 1. The minimum atomic E-state index is 0.0503. The van der Waals surface area contributed by atoms with Crippen molar-refractivity contribution < 1.29 is 14.0 Å². The first-order valence-corrected chi connectivity index (χ1v) is 13.3. The molecule has 0 radical (unpaired) electrons. The molecule has 2 aliphatic rings. The van der Waals surface area contributed by atoms with Crippen LogP contribution in [-0.2, 0) is 16.1 Å². The van der Waals surface area contributed by atoms with E-state index in [1.54, 1.807) is 12.4 Å². The van der Waals surface area contributed by atoms with Gasteiger partial charge in [-0.25, -0.2) is 19.9 Å². The van der Waals surface area contributed by atoms with Crippen molar-refractivity contribution in [2.45, 2.75) is 12.6 Å². The van der Waals surface area contributed by atoms with Crippen LogP contribution in [0.25, 0.3) is 22.4 Å². The number of piperazine rings is 1. The molecule has 3 aromatic heterocycles. The van der Waals surface area contributed by atoms with Crippen LogP contribution in [0.15, 0.2) is 49.1 Å². The van der Waals surface area contributed by atoms with E-state index in [4.69, 9.17) is 25.4 Å². The van der Waals surface area contributed by atoms with Gasteiger partial charge in [0.2, 0.25) is 18.3 Å². The zero-order valence-electron chi connectivity index (χ0n) is 22.1. The SMILES string of the molecule is C[N+]1(CCn2cnc3c(-c4cnc(N)nc4)nc(N4CCOCC4)nc32)CCN(C=O)C(c2ccccc2)C1. The first-order chi connectivity index (χ1) is 19.0. The monoisotopic (exact) mass is 529 g/mol. The maximum absolute atomic E-state index is 11.8. The zero-order valence-corrected chi connectivity index (χ0v) is 22.1. The number of benzene rings is 1. The molecule has 202 valence electrons. The summed E-state index contributed by atoms with van der Waals surface area (Å²) in [6.07, 6.45) is 6.17. The molecule has 2 atom stereocenters. The summed E-state index contributed by atoms with van der Waals surface area (Å²) in [5.74, 6) is 0.854. The molecule has 2 saturated heterocycles. The number of quaternary nitrogens is 1. The number of hydrogen-bond donors (Lipinski definition) is 1. The minimum Gasteiger partial charge on any atom is -0.378 e. The summed E-state index contributed by atoms with van der Waals surface area (Å²) >= 11 is 0. The van der Waals surface area contributed by atoms with Gasteiger partial charge in [0.15, 0.2) is 5.65 Å². The van der Waals surface area contributed by atoms with Gasteiger partial charge in [-0.3, -0.25) is 4.79 Å². The third kappa shape index (κ3) is 5.12. The number of carbonyl (C=O) groups is 1. The summed E-state index contributed by atoms with van der Waals surface area (Å²) in [6, 6.07) is 10.3. The average Bonchev–Trinajstić information content (AvgIpc) is 3.40. The second-order valence-corrected chi connectivity index (χ2v) is 10.4. The smallest absolute Gasteiger partial charge is 0.228 e. The number of nitrogen functional groups attached to an aromatic ring is 1. The Kier molecular flexibility index (Phi) is 6.79. The molecule has 0 aliphatic carbocycles. The quantitative estimate of drug-likeness (QED) is 0.279. The number of morpholine rings is 1. The highest BCUT2D eigenvalue weighted by Gasteiger charge is 2.36. The number of anilines is 2. The van der Waals surface area contributed by atoms with E-state index < -0.39 is 0 Å². The van der Waals surface area contributed by atoms with E-state index in [0.29, 0.717) is 30.4 Å². The molecule has 0 saturated carbocycles. The van der Waals surface area contributed by atoms with Crippen molar-refractivity contribution >= 4 is 29.5 Å². The molecule has 12 heteroatoms. The lowest BCUT2D eigenvalue weighted by molar-refractivity contribution is -0.917.